The monoisotopic (exact) mass is 317 g/mol. The third-order valence-electron chi connectivity index (χ3n) is 4.17. The number of hydrogen-bond donors (Lipinski definition) is 1. The average molecular weight is 318 g/mol. The Hall–Kier alpha value is -0.0800. The second-order valence-electron chi connectivity index (χ2n) is 6.29. The summed E-state index contributed by atoms with van der Waals surface area (Å²) in [4.78, 5) is 14.0. The Morgan fingerprint density at radius 3 is 1.57 bits per heavy atom. The molecule has 0 spiro atoms. The standard InChI is InChI=1S/C18H36ClNO/c1-3-4-5-6-7-8-9-10-11-12-13-14-15-16-18(21)17(2)20-19/h17,20H,3-16H2,1-2H3/t17-/m1/s1. The molecule has 0 fully saturated rings. The van der Waals surface area contributed by atoms with Crippen molar-refractivity contribution >= 4 is 17.6 Å². The number of unbranched alkanes of at least 4 members (excludes halogenated alkanes) is 12. The van der Waals surface area contributed by atoms with Crippen LogP contribution in [0.15, 0.2) is 0 Å². The van der Waals surface area contributed by atoms with Gasteiger partial charge in [-0.05, 0) is 25.1 Å². The first kappa shape index (κ1) is 20.9. The van der Waals surface area contributed by atoms with E-state index in [2.05, 4.69) is 11.8 Å². The molecule has 0 amide bonds. The second-order valence-corrected chi connectivity index (χ2v) is 6.51. The summed E-state index contributed by atoms with van der Waals surface area (Å²) in [6, 6.07) is -0.205. The third-order valence-corrected chi connectivity index (χ3v) is 4.50. The van der Waals surface area contributed by atoms with Crippen LogP contribution in [0.5, 0.6) is 0 Å². The fourth-order valence-corrected chi connectivity index (χ4v) is 2.72. The number of rotatable bonds is 16. The normalized spacial score (nSPS) is 12.5. The molecule has 0 aliphatic carbocycles. The maximum absolute atomic E-state index is 11.5. The summed E-state index contributed by atoms with van der Waals surface area (Å²) < 4.78 is 0. The van der Waals surface area contributed by atoms with Crippen LogP contribution in [0, 0.1) is 0 Å². The number of hydrogen-bond acceptors (Lipinski definition) is 2. The Morgan fingerprint density at radius 2 is 1.19 bits per heavy atom. The molecule has 21 heavy (non-hydrogen) atoms. The first-order valence-corrected chi connectivity index (χ1v) is 9.49. The minimum atomic E-state index is -0.205. The van der Waals surface area contributed by atoms with Gasteiger partial charge in [-0.1, -0.05) is 84.0 Å². The molecule has 126 valence electrons. The summed E-state index contributed by atoms with van der Waals surface area (Å²) in [5, 5.41) is 0. The van der Waals surface area contributed by atoms with Crippen LogP contribution in [-0.2, 0) is 4.79 Å². The topological polar surface area (TPSA) is 29.1 Å². The van der Waals surface area contributed by atoms with Crippen molar-refractivity contribution in [2.24, 2.45) is 0 Å². The van der Waals surface area contributed by atoms with Crippen molar-refractivity contribution in [3.05, 3.63) is 0 Å². The van der Waals surface area contributed by atoms with Crippen LogP contribution in [0.2, 0.25) is 0 Å². The van der Waals surface area contributed by atoms with Gasteiger partial charge in [0.05, 0.1) is 6.04 Å². The van der Waals surface area contributed by atoms with Crippen LogP contribution in [0.4, 0.5) is 0 Å². The van der Waals surface area contributed by atoms with Crippen LogP contribution in [0.1, 0.15) is 104 Å². The number of ketones is 1. The molecule has 0 aromatic carbocycles. The van der Waals surface area contributed by atoms with Gasteiger partial charge in [-0.25, -0.2) is 4.84 Å². The van der Waals surface area contributed by atoms with E-state index in [0.717, 1.165) is 6.42 Å². The number of nitrogens with one attached hydrogen (secondary N) is 1. The zero-order chi connectivity index (χ0) is 15.8. The van der Waals surface area contributed by atoms with Gasteiger partial charge in [0.2, 0.25) is 0 Å². The highest BCUT2D eigenvalue weighted by molar-refractivity contribution is 6.15. The van der Waals surface area contributed by atoms with E-state index in [1.165, 1.54) is 77.0 Å². The summed E-state index contributed by atoms with van der Waals surface area (Å²) >= 11 is 5.43. The van der Waals surface area contributed by atoms with E-state index in [-0.39, 0.29) is 11.8 Å². The van der Waals surface area contributed by atoms with Crippen molar-refractivity contribution in [1.29, 1.82) is 0 Å². The van der Waals surface area contributed by atoms with Gasteiger partial charge in [-0.2, -0.15) is 0 Å². The lowest BCUT2D eigenvalue weighted by Gasteiger charge is -2.07. The largest absolute Gasteiger partial charge is 0.298 e. The quantitative estimate of drug-likeness (QED) is 0.272. The van der Waals surface area contributed by atoms with E-state index in [4.69, 9.17) is 11.8 Å². The second kappa shape index (κ2) is 16.3. The van der Waals surface area contributed by atoms with E-state index in [9.17, 15) is 4.79 Å². The first-order chi connectivity index (χ1) is 10.2. The smallest absolute Gasteiger partial charge is 0.150 e. The summed E-state index contributed by atoms with van der Waals surface area (Å²) in [6.07, 6.45) is 18.1. The predicted molar refractivity (Wildman–Crippen MR) is 93.8 cm³/mol. The third kappa shape index (κ3) is 14.6. The molecule has 2 nitrogen and oxygen atoms in total. The highest BCUT2D eigenvalue weighted by Crippen LogP contribution is 2.13. The van der Waals surface area contributed by atoms with Crippen LogP contribution in [-0.4, -0.2) is 11.8 Å². The fraction of sp³-hybridized carbons (Fsp3) is 0.944. The molecular formula is C18H36ClNO. The van der Waals surface area contributed by atoms with Gasteiger partial charge in [-0.3, -0.25) is 4.79 Å². The Morgan fingerprint density at radius 1 is 0.810 bits per heavy atom. The summed E-state index contributed by atoms with van der Waals surface area (Å²) in [7, 11) is 0. The van der Waals surface area contributed by atoms with Crippen LogP contribution in [0.3, 0.4) is 0 Å². The fourth-order valence-electron chi connectivity index (χ4n) is 2.59. The molecule has 0 saturated carbocycles. The maximum Gasteiger partial charge on any atom is 0.150 e. The SMILES string of the molecule is CCCCCCCCCCCCCCCC(=O)[C@@H](C)NCl. The van der Waals surface area contributed by atoms with Crippen molar-refractivity contribution in [2.45, 2.75) is 110 Å². The number of carbonyl (C=O) groups is 1. The highest BCUT2D eigenvalue weighted by atomic mass is 35.5. The highest BCUT2D eigenvalue weighted by Gasteiger charge is 2.09. The average Bonchev–Trinajstić information content (AvgIpc) is 2.50. The molecule has 0 rings (SSSR count). The first-order valence-electron chi connectivity index (χ1n) is 9.11. The number of halogens is 1. The summed E-state index contributed by atoms with van der Waals surface area (Å²) in [6.45, 7) is 4.09. The Labute approximate surface area is 137 Å². The molecule has 0 heterocycles. The van der Waals surface area contributed by atoms with E-state index in [0.29, 0.717) is 6.42 Å². The van der Waals surface area contributed by atoms with Gasteiger partial charge in [0, 0.05) is 6.42 Å². The lowest BCUT2D eigenvalue weighted by molar-refractivity contribution is -0.120. The van der Waals surface area contributed by atoms with Gasteiger partial charge < -0.3 is 0 Å². The van der Waals surface area contributed by atoms with Crippen LogP contribution < -0.4 is 4.84 Å². The minimum Gasteiger partial charge on any atom is -0.298 e. The lowest BCUT2D eigenvalue weighted by atomic mass is 10.0. The Kier molecular flexibility index (Phi) is 16.2. The molecule has 1 atom stereocenters. The van der Waals surface area contributed by atoms with E-state index in [1.807, 2.05) is 6.92 Å². The molecule has 0 saturated heterocycles. The molecule has 0 radical (unpaired) electrons. The molecule has 0 aromatic heterocycles. The molecule has 0 aromatic rings. The Balaban J connectivity index is 3.11. The van der Waals surface area contributed by atoms with Crippen LogP contribution >= 0.6 is 11.8 Å². The lowest BCUT2D eigenvalue weighted by Crippen LogP contribution is -2.26. The minimum absolute atomic E-state index is 0.205. The predicted octanol–water partition coefficient (Wildman–Crippen LogP) is 6.17. The van der Waals surface area contributed by atoms with Crippen molar-refractivity contribution in [1.82, 2.24) is 4.84 Å². The zero-order valence-electron chi connectivity index (χ0n) is 14.3. The molecular weight excluding hydrogens is 282 g/mol. The summed E-state index contributed by atoms with van der Waals surface area (Å²) in [5.74, 6) is 0.230. The molecule has 3 heteroatoms. The van der Waals surface area contributed by atoms with Crippen LogP contribution in [0.25, 0.3) is 0 Å². The van der Waals surface area contributed by atoms with Gasteiger partial charge in [0.25, 0.3) is 0 Å². The Bertz CT molecular complexity index is 233. The van der Waals surface area contributed by atoms with Crippen molar-refractivity contribution in [3.63, 3.8) is 0 Å². The molecule has 0 aliphatic rings. The van der Waals surface area contributed by atoms with E-state index in [1.54, 1.807) is 0 Å². The number of Topliss-reactive ketones (excluding diaryl/α,β-unsaturated/α-hetero) is 1. The zero-order valence-corrected chi connectivity index (χ0v) is 15.0. The van der Waals surface area contributed by atoms with Gasteiger partial charge in [0.15, 0.2) is 5.78 Å². The van der Waals surface area contributed by atoms with Crippen molar-refractivity contribution in [3.8, 4) is 0 Å². The molecule has 0 bridgehead atoms. The molecule has 0 unspecified atom stereocenters. The van der Waals surface area contributed by atoms with E-state index >= 15 is 0 Å². The van der Waals surface area contributed by atoms with Gasteiger partial charge in [-0.15, -0.1) is 0 Å². The van der Waals surface area contributed by atoms with Crippen molar-refractivity contribution < 1.29 is 4.79 Å². The van der Waals surface area contributed by atoms with Crippen molar-refractivity contribution in [2.75, 3.05) is 0 Å². The molecule has 1 N–H and O–H groups in total. The van der Waals surface area contributed by atoms with E-state index < -0.39 is 0 Å². The maximum atomic E-state index is 11.5. The van der Waals surface area contributed by atoms with Gasteiger partial charge in [0.1, 0.15) is 0 Å². The van der Waals surface area contributed by atoms with Gasteiger partial charge >= 0.3 is 0 Å². The number of carbonyl (C=O) groups excluding carboxylic acids is 1. The summed E-state index contributed by atoms with van der Waals surface area (Å²) in [5.41, 5.74) is 0. The molecule has 0 aliphatic heterocycles.